The van der Waals surface area contributed by atoms with Crippen molar-refractivity contribution in [2.75, 3.05) is 27.9 Å². The van der Waals surface area contributed by atoms with Gasteiger partial charge in [0.25, 0.3) is 0 Å². The highest BCUT2D eigenvalue weighted by Crippen LogP contribution is 2.39. The van der Waals surface area contributed by atoms with Gasteiger partial charge in [0.2, 0.25) is 5.91 Å². The zero-order chi connectivity index (χ0) is 19.4. The maximum atomic E-state index is 11.3. The summed E-state index contributed by atoms with van der Waals surface area (Å²) in [6.07, 6.45) is 0.669. The number of rotatable bonds is 7. The Labute approximate surface area is 158 Å². The fourth-order valence-corrected chi connectivity index (χ4v) is 3.22. The molecular weight excluding hydrogens is 344 g/mol. The number of H-pyrrole nitrogens is 1. The topological polar surface area (TPSA) is 72.6 Å². The van der Waals surface area contributed by atoms with E-state index in [1.54, 1.807) is 21.3 Å². The van der Waals surface area contributed by atoms with Crippen molar-refractivity contribution in [3.05, 3.63) is 42.0 Å². The summed E-state index contributed by atoms with van der Waals surface area (Å²) < 4.78 is 16.3. The maximum Gasteiger partial charge on any atom is 0.216 e. The van der Waals surface area contributed by atoms with E-state index in [0.29, 0.717) is 13.0 Å². The van der Waals surface area contributed by atoms with Gasteiger partial charge in [-0.05, 0) is 48.4 Å². The largest absolute Gasteiger partial charge is 0.497 e. The van der Waals surface area contributed by atoms with Crippen LogP contribution in [0.3, 0.4) is 0 Å². The molecule has 1 amide bonds. The van der Waals surface area contributed by atoms with Gasteiger partial charge in [-0.1, -0.05) is 0 Å². The molecule has 0 saturated heterocycles. The smallest absolute Gasteiger partial charge is 0.216 e. The Bertz CT molecular complexity index is 962. The first-order valence-corrected chi connectivity index (χ1v) is 8.72. The summed E-state index contributed by atoms with van der Waals surface area (Å²) in [7, 11) is 4.93. The second-order valence-electron chi connectivity index (χ2n) is 6.19. The van der Waals surface area contributed by atoms with Crippen LogP contribution in [0.5, 0.6) is 17.2 Å². The average molecular weight is 368 g/mol. The lowest BCUT2D eigenvalue weighted by atomic mass is 10.0. The Morgan fingerprint density at radius 3 is 2.37 bits per heavy atom. The number of benzene rings is 2. The predicted molar refractivity (Wildman–Crippen MR) is 106 cm³/mol. The first kappa shape index (κ1) is 18.6. The van der Waals surface area contributed by atoms with E-state index in [1.807, 2.05) is 36.4 Å². The number of methoxy groups -OCH3 is 3. The molecule has 6 heteroatoms. The molecule has 0 bridgehead atoms. The first-order chi connectivity index (χ1) is 13.1. The summed E-state index contributed by atoms with van der Waals surface area (Å²) in [6.45, 7) is 2.06. The van der Waals surface area contributed by atoms with Crippen LogP contribution in [0.4, 0.5) is 0 Å². The van der Waals surface area contributed by atoms with Gasteiger partial charge in [0.15, 0.2) is 0 Å². The second-order valence-corrected chi connectivity index (χ2v) is 6.19. The minimum Gasteiger partial charge on any atom is -0.497 e. The number of nitrogens with one attached hydrogen (secondary N) is 2. The zero-order valence-electron chi connectivity index (χ0n) is 16.0. The Hall–Kier alpha value is -3.15. The van der Waals surface area contributed by atoms with Crippen LogP contribution in [-0.2, 0) is 11.2 Å². The average Bonchev–Trinajstić information content (AvgIpc) is 3.04. The molecule has 0 aliphatic heterocycles. The van der Waals surface area contributed by atoms with Gasteiger partial charge >= 0.3 is 0 Å². The number of amides is 1. The van der Waals surface area contributed by atoms with Crippen LogP contribution in [0.15, 0.2) is 36.4 Å². The van der Waals surface area contributed by atoms with E-state index in [-0.39, 0.29) is 5.91 Å². The molecule has 3 aromatic rings. The van der Waals surface area contributed by atoms with Crippen molar-refractivity contribution in [1.82, 2.24) is 10.3 Å². The van der Waals surface area contributed by atoms with Crippen LogP contribution in [0, 0.1) is 0 Å². The molecule has 0 radical (unpaired) electrons. The van der Waals surface area contributed by atoms with Crippen LogP contribution in [0.2, 0.25) is 0 Å². The quantitative estimate of drug-likeness (QED) is 0.669. The van der Waals surface area contributed by atoms with Crippen molar-refractivity contribution in [2.24, 2.45) is 0 Å². The van der Waals surface area contributed by atoms with Crippen LogP contribution in [0.1, 0.15) is 12.5 Å². The van der Waals surface area contributed by atoms with E-state index in [9.17, 15) is 4.79 Å². The number of carbonyl (C=O) groups is 1. The van der Waals surface area contributed by atoms with Crippen LogP contribution < -0.4 is 19.5 Å². The molecular formula is C21H24N2O4. The fourth-order valence-electron chi connectivity index (χ4n) is 3.22. The third-order valence-electron chi connectivity index (χ3n) is 4.54. The van der Waals surface area contributed by atoms with E-state index < -0.39 is 0 Å². The van der Waals surface area contributed by atoms with Crippen molar-refractivity contribution in [1.29, 1.82) is 0 Å². The molecule has 6 nitrogen and oxygen atoms in total. The SMILES string of the molecule is COc1ccc(OC)c(-c2[nH]c3ccc(OC)cc3c2CCNC(C)=O)c1. The van der Waals surface area contributed by atoms with Crippen LogP contribution in [-0.4, -0.2) is 38.8 Å². The molecule has 0 aliphatic rings. The number of fused-ring (bicyclic) bond motifs is 1. The normalized spacial score (nSPS) is 10.7. The molecule has 0 aliphatic carbocycles. The summed E-state index contributed by atoms with van der Waals surface area (Å²) in [4.78, 5) is 14.8. The van der Waals surface area contributed by atoms with Crippen molar-refractivity contribution in [3.63, 3.8) is 0 Å². The predicted octanol–water partition coefficient (Wildman–Crippen LogP) is 3.54. The highest BCUT2D eigenvalue weighted by Gasteiger charge is 2.18. The fraction of sp³-hybridized carbons (Fsp3) is 0.286. The maximum absolute atomic E-state index is 11.3. The third kappa shape index (κ3) is 3.84. The molecule has 2 aromatic carbocycles. The summed E-state index contributed by atoms with van der Waals surface area (Å²) >= 11 is 0. The Morgan fingerprint density at radius 2 is 1.70 bits per heavy atom. The van der Waals surface area contributed by atoms with Gasteiger partial charge in [-0.15, -0.1) is 0 Å². The molecule has 0 fully saturated rings. The van der Waals surface area contributed by atoms with E-state index in [0.717, 1.165) is 45.0 Å². The van der Waals surface area contributed by atoms with E-state index in [1.165, 1.54) is 6.92 Å². The Kier molecular flexibility index (Phi) is 5.54. The van der Waals surface area contributed by atoms with Gasteiger partial charge < -0.3 is 24.5 Å². The number of hydrogen-bond donors (Lipinski definition) is 2. The second kappa shape index (κ2) is 8.03. The first-order valence-electron chi connectivity index (χ1n) is 8.72. The molecule has 1 aromatic heterocycles. The molecule has 1 heterocycles. The van der Waals surface area contributed by atoms with Gasteiger partial charge in [0.1, 0.15) is 17.2 Å². The third-order valence-corrected chi connectivity index (χ3v) is 4.54. The number of ether oxygens (including phenoxy) is 3. The summed E-state index contributed by atoms with van der Waals surface area (Å²) in [6, 6.07) is 11.6. The molecule has 0 saturated carbocycles. The molecule has 0 spiro atoms. The Morgan fingerprint density at radius 1 is 1.00 bits per heavy atom. The lowest BCUT2D eigenvalue weighted by Gasteiger charge is -2.12. The molecule has 142 valence electrons. The summed E-state index contributed by atoms with van der Waals surface area (Å²) in [5.41, 5.74) is 3.93. The lowest BCUT2D eigenvalue weighted by molar-refractivity contribution is -0.118. The molecule has 27 heavy (non-hydrogen) atoms. The number of aromatic nitrogens is 1. The van der Waals surface area contributed by atoms with Crippen molar-refractivity contribution in [2.45, 2.75) is 13.3 Å². The monoisotopic (exact) mass is 368 g/mol. The highest BCUT2D eigenvalue weighted by atomic mass is 16.5. The Balaban J connectivity index is 2.17. The molecule has 0 atom stereocenters. The minimum atomic E-state index is -0.0482. The molecule has 0 unspecified atom stereocenters. The van der Waals surface area contributed by atoms with Gasteiger partial charge in [-0.2, -0.15) is 0 Å². The van der Waals surface area contributed by atoms with Crippen molar-refractivity contribution in [3.8, 4) is 28.5 Å². The standard InChI is InChI=1S/C21H24N2O4/c1-13(24)22-10-9-16-17-11-14(25-2)5-7-19(17)23-21(16)18-12-15(26-3)6-8-20(18)27-4/h5-8,11-12,23H,9-10H2,1-4H3,(H,22,24). The van der Waals surface area contributed by atoms with Gasteiger partial charge in [0.05, 0.1) is 27.0 Å². The van der Waals surface area contributed by atoms with Crippen LogP contribution >= 0.6 is 0 Å². The molecule has 3 rings (SSSR count). The number of aromatic amines is 1. The van der Waals surface area contributed by atoms with Crippen molar-refractivity contribution < 1.29 is 19.0 Å². The minimum absolute atomic E-state index is 0.0482. The number of carbonyl (C=O) groups excluding carboxylic acids is 1. The van der Waals surface area contributed by atoms with E-state index in [2.05, 4.69) is 10.3 Å². The lowest BCUT2D eigenvalue weighted by Crippen LogP contribution is -2.22. The van der Waals surface area contributed by atoms with Crippen molar-refractivity contribution >= 4 is 16.8 Å². The van der Waals surface area contributed by atoms with E-state index in [4.69, 9.17) is 14.2 Å². The van der Waals surface area contributed by atoms with Gasteiger partial charge in [-0.3, -0.25) is 4.79 Å². The van der Waals surface area contributed by atoms with Gasteiger partial charge in [0, 0.05) is 29.9 Å². The summed E-state index contributed by atoms with van der Waals surface area (Å²) in [5, 5.41) is 3.92. The highest BCUT2D eigenvalue weighted by molar-refractivity contribution is 5.93. The molecule has 2 N–H and O–H groups in total. The zero-order valence-corrected chi connectivity index (χ0v) is 16.0. The van der Waals surface area contributed by atoms with Crippen LogP contribution in [0.25, 0.3) is 22.2 Å². The van der Waals surface area contributed by atoms with Gasteiger partial charge in [-0.25, -0.2) is 0 Å². The van der Waals surface area contributed by atoms with E-state index >= 15 is 0 Å². The number of hydrogen-bond acceptors (Lipinski definition) is 4. The summed E-state index contributed by atoms with van der Waals surface area (Å²) in [5.74, 6) is 2.23.